The first-order valence-electron chi connectivity index (χ1n) is 9.61. The highest BCUT2D eigenvalue weighted by atomic mass is 16.5. The van der Waals surface area contributed by atoms with Crippen molar-refractivity contribution in [2.45, 2.75) is 12.5 Å². The van der Waals surface area contributed by atoms with E-state index in [0.717, 1.165) is 5.56 Å². The van der Waals surface area contributed by atoms with Crippen molar-refractivity contribution in [3.63, 3.8) is 0 Å². The summed E-state index contributed by atoms with van der Waals surface area (Å²) >= 11 is 0. The molecule has 0 spiro atoms. The molecule has 6 heteroatoms. The fourth-order valence-corrected chi connectivity index (χ4v) is 2.82. The van der Waals surface area contributed by atoms with E-state index in [1.54, 1.807) is 36.4 Å². The number of carbonyl (C=O) groups is 3. The second-order valence-electron chi connectivity index (χ2n) is 6.54. The maximum absolute atomic E-state index is 12.6. The number of benzene rings is 2. The number of ether oxygens (including phenoxy) is 1. The van der Waals surface area contributed by atoms with Crippen LogP contribution in [0, 0.1) is 0 Å². The lowest BCUT2D eigenvalue weighted by Gasteiger charge is -2.21. The largest absolute Gasteiger partial charge is 0.455 e. The first-order chi connectivity index (χ1) is 14.5. The summed E-state index contributed by atoms with van der Waals surface area (Å²) < 4.78 is 5.17. The summed E-state index contributed by atoms with van der Waals surface area (Å²) in [5, 5.41) is 2.87. The molecule has 0 saturated carbocycles. The Hall–Kier alpha value is -3.67. The third kappa shape index (κ3) is 7.05. The van der Waals surface area contributed by atoms with E-state index in [4.69, 9.17) is 4.74 Å². The Labute approximate surface area is 176 Å². The van der Waals surface area contributed by atoms with Crippen LogP contribution < -0.4 is 5.32 Å². The fourth-order valence-electron chi connectivity index (χ4n) is 2.82. The molecule has 2 amide bonds. The molecular weight excluding hydrogens is 380 g/mol. The minimum Gasteiger partial charge on any atom is -0.455 e. The highest BCUT2D eigenvalue weighted by Crippen LogP contribution is 2.18. The quantitative estimate of drug-likeness (QED) is 0.459. The molecule has 156 valence electrons. The summed E-state index contributed by atoms with van der Waals surface area (Å²) in [5.74, 6) is -1.22. The summed E-state index contributed by atoms with van der Waals surface area (Å²) in [7, 11) is 0. The number of hydrogen-bond donors (Lipinski definition) is 1. The Morgan fingerprint density at radius 1 is 0.933 bits per heavy atom. The monoisotopic (exact) mass is 406 g/mol. The number of esters is 1. The zero-order chi connectivity index (χ0) is 21.8. The van der Waals surface area contributed by atoms with Crippen molar-refractivity contribution in [2.75, 3.05) is 19.7 Å². The number of nitrogens with one attached hydrogen (secondary N) is 1. The molecule has 1 N–H and O–H groups in total. The van der Waals surface area contributed by atoms with Gasteiger partial charge in [-0.2, -0.15) is 0 Å². The van der Waals surface area contributed by atoms with Gasteiger partial charge in [-0.1, -0.05) is 60.7 Å². The second-order valence-corrected chi connectivity index (χ2v) is 6.54. The fraction of sp³-hybridized carbons (Fsp3) is 0.208. The average molecular weight is 406 g/mol. The smallest absolute Gasteiger partial charge is 0.308 e. The number of carbonyl (C=O) groups excluding carboxylic acids is 3. The van der Waals surface area contributed by atoms with E-state index in [0.29, 0.717) is 18.7 Å². The minimum absolute atomic E-state index is 0.0984. The first kappa shape index (κ1) is 22.6. The number of hydrogen-bond acceptors (Lipinski definition) is 4. The topological polar surface area (TPSA) is 75.7 Å². The van der Waals surface area contributed by atoms with E-state index in [1.165, 1.54) is 4.90 Å². The molecule has 6 nitrogen and oxygen atoms in total. The minimum atomic E-state index is -0.584. The summed E-state index contributed by atoms with van der Waals surface area (Å²) in [6.07, 6.45) is 3.08. The van der Waals surface area contributed by atoms with Crippen molar-refractivity contribution in [3.05, 3.63) is 97.1 Å². The molecule has 0 aromatic heterocycles. The molecule has 2 aromatic carbocycles. The highest BCUT2D eigenvalue weighted by molar-refractivity contribution is 5.94. The molecule has 0 bridgehead atoms. The molecule has 0 fully saturated rings. The van der Waals surface area contributed by atoms with Gasteiger partial charge in [0, 0.05) is 18.7 Å². The Morgan fingerprint density at radius 2 is 1.50 bits per heavy atom. The zero-order valence-corrected chi connectivity index (χ0v) is 16.8. The van der Waals surface area contributed by atoms with Crippen molar-refractivity contribution in [1.82, 2.24) is 10.2 Å². The van der Waals surface area contributed by atoms with Crippen molar-refractivity contribution in [1.29, 1.82) is 0 Å². The van der Waals surface area contributed by atoms with Crippen LogP contribution in [0.15, 0.2) is 86.0 Å². The van der Waals surface area contributed by atoms with Gasteiger partial charge in [-0.3, -0.25) is 14.4 Å². The Bertz CT molecular complexity index is 855. The molecule has 0 aliphatic heterocycles. The van der Waals surface area contributed by atoms with E-state index in [9.17, 15) is 14.4 Å². The van der Waals surface area contributed by atoms with Crippen LogP contribution in [-0.2, 0) is 14.3 Å². The zero-order valence-electron chi connectivity index (χ0n) is 16.8. The Balaban J connectivity index is 2.02. The van der Waals surface area contributed by atoms with E-state index in [2.05, 4.69) is 18.5 Å². The second kappa shape index (κ2) is 12.0. The van der Waals surface area contributed by atoms with Crippen LogP contribution in [-0.4, -0.2) is 42.4 Å². The van der Waals surface area contributed by atoms with Crippen molar-refractivity contribution in [3.8, 4) is 0 Å². The van der Waals surface area contributed by atoms with Crippen LogP contribution in [0.4, 0.5) is 0 Å². The van der Waals surface area contributed by atoms with Gasteiger partial charge < -0.3 is 15.0 Å². The maximum atomic E-state index is 12.6. The standard InChI is InChI=1S/C24H26N2O4/c1-3-15-26(16-4-2)22(27)18-30-23(28)17-21(19-11-7-5-8-12-19)25-24(29)20-13-9-6-10-14-20/h3-14,21H,1-2,15-18H2,(H,25,29). The SMILES string of the molecule is C=CCN(CC=C)C(=O)COC(=O)CC(NC(=O)c1ccccc1)c1ccccc1. The van der Waals surface area contributed by atoms with Crippen molar-refractivity contribution < 1.29 is 19.1 Å². The van der Waals surface area contributed by atoms with Gasteiger partial charge in [0.25, 0.3) is 11.8 Å². The third-order valence-electron chi connectivity index (χ3n) is 4.32. The van der Waals surface area contributed by atoms with Crippen LogP contribution >= 0.6 is 0 Å². The molecule has 1 atom stereocenters. The van der Waals surface area contributed by atoms with Crippen LogP contribution in [0.3, 0.4) is 0 Å². The molecular formula is C24H26N2O4. The molecule has 0 aliphatic rings. The van der Waals surface area contributed by atoms with Gasteiger partial charge in [0.1, 0.15) is 0 Å². The lowest BCUT2D eigenvalue weighted by Crippen LogP contribution is -2.35. The number of nitrogens with zero attached hydrogens (tertiary/aromatic N) is 1. The van der Waals surface area contributed by atoms with Crippen LogP contribution in [0.25, 0.3) is 0 Å². The molecule has 30 heavy (non-hydrogen) atoms. The molecule has 0 saturated heterocycles. The summed E-state index contributed by atoms with van der Waals surface area (Å²) in [5.41, 5.74) is 1.26. The van der Waals surface area contributed by atoms with Crippen LogP contribution in [0.5, 0.6) is 0 Å². The van der Waals surface area contributed by atoms with Gasteiger partial charge in [0.2, 0.25) is 0 Å². The van der Waals surface area contributed by atoms with E-state index in [-0.39, 0.29) is 24.8 Å². The molecule has 2 aromatic rings. The van der Waals surface area contributed by atoms with Gasteiger partial charge in [-0.15, -0.1) is 13.2 Å². The predicted octanol–water partition coefficient (Wildman–Crippen LogP) is 3.29. The molecule has 0 radical (unpaired) electrons. The first-order valence-corrected chi connectivity index (χ1v) is 9.61. The molecule has 2 rings (SSSR count). The highest BCUT2D eigenvalue weighted by Gasteiger charge is 2.21. The molecule has 0 aliphatic carbocycles. The van der Waals surface area contributed by atoms with E-state index < -0.39 is 12.0 Å². The van der Waals surface area contributed by atoms with Gasteiger partial charge in [0.15, 0.2) is 6.61 Å². The number of amides is 2. The third-order valence-corrected chi connectivity index (χ3v) is 4.32. The van der Waals surface area contributed by atoms with E-state index in [1.807, 2.05) is 36.4 Å². The van der Waals surface area contributed by atoms with Gasteiger partial charge in [0.05, 0.1) is 12.5 Å². The molecule has 1 unspecified atom stereocenters. The lowest BCUT2D eigenvalue weighted by molar-refractivity contribution is -0.152. The van der Waals surface area contributed by atoms with Crippen LogP contribution in [0.2, 0.25) is 0 Å². The maximum Gasteiger partial charge on any atom is 0.308 e. The van der Waals surface area contributed by atoms with E-state index >= 15 is 0 Å². The summed E-state index contributed by atoms with van der Waals surface area (Å²) in [6.45, 7) is 7.51. The van der Waals surface area contributed by atoms with Gasteiger partial charge in [-0.05, 0) is 17.7 Å². The normalized spacial score (nSPS) is 11.1. The lowest BCUT2D eigenvalue weighted by atomic mass is 10.0. The van der Waals surface area contributed by atoms with Gasteiger partial charge >= 0.3 is 5.97 Å². The predicted molar refractivity (Wildman–Crippen MR) is 116 cm³/mol. The van der Waals surface area contributed by atoms with Crippen molar-refractivity contribution >= 4 is 17.8 Å². The van der Waals surface area contributed by atoms with Crippen molar-refractivity contribution in [2.24, 2.45) is 0 Å². The summed E-state index contributed by atoms with van der Waals surface area (Å²) in [6, 6.07) is 17.3. The Morgan fingerprint density at radius 3 is 2.07 bits per heavy atom. The van der Waals surface area contributed by atoms with Crippen LogP contribution in [0.1, 0.15) is 28.4 Å². The Kier molecular flexibility index (Phi) is 9.06. The average Bonchev–Trinajstić information content (AvgIpc) is 2.78. The number of rotatable bonds is 11. The molecule has 0 heterocycles. The summed E-state index contributed by atoms with van der Waals surface area (Å²) in [4.78, 5) is 38.7. The van der Waals surface area contributed by atoms with Gasteiger partial charge in [-0.25, -0.2) is 0 Å².